The molecule has 0 radical (unpaired) electrons. The molecule has 7 heteroatoms. The maximum Gasteiger partial charge on any atom is 0.242 e. The minimum Gasteiger partial charge on any atom is -0.207 e. The highest BCUT2D eigenvalue weighted by Gasteiger charge is 2.27. The van der Waals surface area contributed by atoms with Crippen molar-refractivity contribution in [2.24, 2.45) is 0 Å². The zero-order chi connectivity index (χ0) is 13.3. The molecule has 0 aliphatic heterocycles. The van der Waals surface area contributed by atoms with Gasteiger partial charge in [0.05, 0.1) is 8.68 Å². The number of aryl methyl sites for hydroxylation is 1. The Kier molecular flexibility index (Phi) is 5.23. The summed E-state index contributed by atoms with van der Waals surface area (Å²) in [5, 5.41) is 0.759. The summed E-state index contributed by atoms with van der Waals surface area (Å²) < 4.78 is 28.0. The summed E-state index contributed by atoms with van der Waals surface area (Å²) in [4.78, 5) is 1.15. The van der Waals surface area contributed by atoms with E-state index in [9.17, 15) is 8.42 Å². The topological polar surface area (TPSA) is 46.2 Å². The normalized spacial score (nSPS) is 13.0. The standard InChI is InChI=1S/C10H15Br2NO2S2/c1-7-8(6-9(12)16-7)17(14,15)13-10(2,3)4-5-11/h6,13H,4-5H2,1-3H3. The van der Waals surface area contributed by atoms with Crippen LogP contribution < -0.4 is 4.72 Å². The maximum absolute atomic E-state index is 12.2. The SMILES string of the molecule is Cc1sc(Br)cc1S(=O)(=O)NC(C)(C)CCBr. The van der Waals surface area contributed by atoms with E-state index in [1.54, 1.807) is 6.07 Å². The predicted octanol–water partition coefficient (Wildman–Crippen LogP) is 3.66. The summed E-state index contributed by atoms with van der Waals surface area (Å²) in [6.45, 7) is 5.56. The molecule has 0 saturated carbocycles. The third-order valence-corrected chi connectivity index (χ3v) is 6.17. The van der Waals surface area contributed by atoms with Crippen molar-refractivity contribution in [3.63, 3.8) is 0 Å². The molecule has 17 heavy (non-hydrogen) atoms. The molecule has 0 fully saturated rings. The molecule has 0 amide bonds. The monoisotopic (exact) mass is 403 g/mol. The number of nitrogens with one attached hydrogen (secondary N) is 1. The van der Waals surface area contributed by atoms with Crippen LogP contribution in [0.15, 0.2) is 14.7 Å². The third-order valence-electron chi connectivity index (χ3n) is 2.26. The van der Waals surface area contributed by atoms with Crippen LogP contribution in [0, 0.1) is 6.92 Å². The van der Waals surface area contributed by atoms with Crippen LogP contribution in [0.2, 0.25) is 0 Å². The van der Waals surface area contributed by atoms with Gasteiger partial charge in [-0.1, -0.05) is 15.9 Å². The average Bonchev–Trinajstić information content (AvgIpc) is 2.43. The van der Waals surface area contributed by atoms with Crippen molar-refractivity contribution in [3.8, 4) is 0 Å². The van der Waals surface area contributed by atoms with Crippen LogP contribution in [-0.2, 0) is 10.0 Å². The first-order valence-electron chi connectivity index (χ1n) is 5.04. The van der Waals surface area contributed by atoms with Crippen LogP contribution in [0.4, 0.5) is 0 Å². The number of thiophene rings is 1. The smallest absolute Gasteiger partial charge is 0.207 e. The van der Waals surface area contributed by atoms with Crippen molar-refractivity contribution in [2.45, 2.75) is 37.6 Å². The van der Waals surface area contributed by atoms with Gasteiger partial charge in [-0.15, -0.1) is 11.3 Å². The lowest BCUT2D eigenvalue weighted by Gasteiger charge is -2.24. The summed E-state index contributed by atoms with van der Waals surface area (Å²) in [6, 6.07) is 1.65. The lowest BCUT2D eigenvalue weighted by molar-refractivity contribution is 0.443. The van der Waals surface area contributed by atoms with E-state index in [0.29, 0.717) is 4.90 Å². The molecule has 98 valence electrons. The Bertz CT molecular complexity index is 494. The molecule has 0 aliphatic carbocycles. The van der Waals surface area contributed by atoms with Gasteiger partial charge in [-0.25, -0.2) is 13.1 Å². The molecule has 0 atom stereocenters. The number of hydrogen-bond donors (Lipinski definition) is 1. The largest absolute Gasteiger partial charge is 0.242 e. The first-order valence-corrected chi connectivity index (χ1v) is 9.25. The summed E-state index contributed by atoms with van der Waals surface area (Å²) in [7, 11) is -3.44. The molecule has 0 aromatic carbocycles. The van der Waals surface area contributed by atoms with Crippen molar-refractivity contribution >= 4 is 53.2 Å². The molecule has 3 nitrogen and oxygen atoms in total. The number of hydrogen-bond acceptors (Lipinski definition) is 3. The summed E-state index contributed by atoms with van der Waals surface area (Å²) in [6.07, 6.45) is 0.733. The Morgan fingerprint density at radius 3 is 2.47 bits per heavy atom. The van der Waals surface area contributed by atoms with Crippen LogP contribution >= 0.6 is 43.2 Å². The molecule has 1 aromatic heterocycles. The van der Waals surface area contributed by atoms with Gasteiger partial charge in [-0.05, 0) is 49.2 Å². The van der Waals surface area contributed by atoms with E-state index >= 15 is 0 Å². The fourth-order valence-corrected chi connectivity index (χ4v) is 6.25. The molecular weight excluding hydrogens is 390 g/mol. The second kappa shape index (κ2) is 5.69. The molecule has 0 aliphatic rings. The lowest BCUT2D eigenvalue weighted by Crippen LogP contribution is -2.43. The van der Waals surface area contributed by atoms with Crippen LogP contribution in [0.5, 0.6) is 0 Å². The Morgan fingerprint density at radius 1 is 1.47 bits per heavy atom. The van der Waals surface area contributed by atoms with E-state index in [1.165, 1.54) is 11.3 Å². The van der Waals surface area contributed by atoms with Gasteiger partial charge in [-0.2, -0.15) is 0 Å². The van der Waals surface area contributed by atoms with E-state index in [-0.39, 0.29) is 0 Å². The quantitative estimate of drug-likeness (QED) is 0.761. The number of rotatable bonds is 5. The molecule has 1 rings (SSSR count). The highest BCUT2D eigenvalue weighted by Crippen LogP contribution is 2.30. The van der Waals surface area contributed by atoms with Crippen molar-refractivity contribution in [1.29, 1.82) is 0 Å². The molecule has 0 unspecified atom stereocenters. The maximum atomic E-state index is 12.2. The first kappa shape index (κ1) is 15.6. The highest BCUT2D eigenvalue weighted by atomic mass is 79.9. The van der Waals surface area contributed by atoms with Crippen molar-refractivity contribution in [3.05, 3.63) is 14.7 Å². The zero-order valence-corrected chi connectivity index (χ0v) is 14.7. The summed E-state index contributed by atoms with van der Waals surface area (Å²) >= 11 is 8.06. The Balaban J connectivity index is 3.01. The van der Waals surface area contributed by atoms with Gasteiger partial charge in [0.15, 0.2) is 0 Å². The number of sulfonamides is 1. The van der Waals surface area contributed by atoms with E-state index in [2.05, 4.69) is 36.6 Å². The van der Waals surface area contributed by atoms with Gasteiger partial charge in [0.1, 0.15) is 0 Å². The van der Waals surface area contributed by atoms with Gasteiger partial charge in [-0.3, -0.25) is 0 Å². The molecule has 0 bridgehead atoms. The molecule has 1 N–H and O–H groups in total. The summed E-state index contributed by atoms with van der Waals surface area (Å²) in [5.41, 5.74) is -0.455. The lowest BCUT2D eigenvalue weighted by atomic mass is 10.0. The summed E-state index contributed by atoms with van der Waals surface area (Å²) in [5.74, 6) is 0. The average molecular weight is 405 g/mol. The molecular formula is C10H15Br2NO2S2. The van der Waals surface area contributed by atoms with Gasteiger partial charge in [0.25, 0.3) is 0 Å². The van der Waals surface area contributed by atoms with E-state index in [0.717, 1.165) is 20.4 Å². The van der Waals surface area contributed by atoms with Crippen molar-refractivity contribution < 1.29 is 8.42 Å². The Labute approximate surface area is 123 Å². The van der Waals surface area contributed by atoms with Gasteiger partial charge in [0.2, 0.25) is 10.0 Å². The fourth-order valence-electron chi connectivity index (χ4n) is 1.40. The third kappa shape index (κ3) is 4.31. The van der Waals surface area contributed by atoms with Crippen LogP contribution in [0.25, 0.3) is 0 Å². The number of halogens is 2. The van der Waals surface area contributed by atoms with Crippen LogP contribution in [0.3, 0.4) is 0 Å². The second-order valence-electron chi connectivity index (χ2n) is 4.40. The first-order chi connectivity index (χ1) is 7.68. The molecule has 0 saturated heterocycles. The second-order valence-corrected chi connectivity index (χ2v) is 9.48. The van der Waals surface area contributed by atoms with Crippen molar-refractivity contribution in [2.75, 3.05) is 5.33 Å². The van der Waals surface area contributed by atoms with E-state index < -0.39 is 15.6 Å². The Hall–Kier alpha value is 0.570. The Morgan fingerprint density at radius 2 is 2.06 bits per heavy atom. The van der Waals surface area contributed by atoms with Gasteiger partial charge >= 0.3 is 0 Å². The minimum absolute atomic E-state index is 0.358. The zero-order valence-electron chi connectivity index (χ0n) is 9.88. The van der Waals surface area contributed by atoms with Crippen LogP contribution in [-0.4, -0.2) is 19.3 Å². The molecule has 0 spiro atoms. The van der Waals surface area contributed by atoms with Gasteiger partial charge < -0.3 is 0 Å². The van der Waals surface area contributed by atoms with Crippen molar-refractivity contribution in [1.82, 2.24) is 4.72 Å². The highest BCUT2D eigenvalue weighted by molar-refractivity contribution is 9.11. The minimum atomic E-state index is -3.44. The molecule has 1 aromatic rings. The van der Waals surface area contributed by atoms with Gasteiger partial charge in [0, 0.05) is 15.7 Å². The number of alkyl halides is 1. The molecule has 1 heterocycles. The van der Waals surface area contributed by atoms with E-state index in [1.807, 2.05) is 20.8 Å². The van der Waals surface area contributed by atoms with Crippen LogP contribution in [0.1, 0.15) is 25.1 Å². The van der Waals surface area contributed by atoms with E-state index in [4.69, 9.17) is 0 Å². The fraction of sp³-hybridized carbons (Fsp3) is 0.600. The predicted molar refractivity (Wildman–Crippen MR) is 79.6 cm³/mol.